The molecule has 2 aromatic carbocycles. The summed E-state index contributed by atoms with van der Waals surface area (Å²) in [5.74, 6) is -0.982. The largest absolute Gasteiger partial charge is 0.481 e. The number of amides is 2. The second-order valence-corrected chi connectivity index (χ2v) is 8.68. The van der Waals surface area contributed by atoms with E-state index < -0.39 is 18.1 Å². The van der Waals surface area contributed by atoms with Crippen molar-refractivity contribution in [3.63, 3.8) is 0 Å². The first-order valence-corrected chi connectivity index (χ1v) is 11.0. The van der Waals surface area contributed by atoms with Gasteiger partial charge in [-0.15, -0.1) is 0 Å². The van der Waals surface area contributed by atoms with Crippen LogP contribution in [-0.2, 0) is 14.3 Å². The summed E-state index contributed by atoms with van der Waals surface area (Å²) in [6.45, 7) is 1.94. The summed E-state index contributed by atoms with van der Waals surface area (Å²) in [4.78, 5) is 35.7. The van der Waals surface area contributed by atoms with Crippen LogP contribution in [-0.4, -0.2) is 41.8 Å². The molecule has 0 radical (unpaired) electrons. The van der Waals surface area contributed by atoms with Gasteiger partial charge in [0.25, 0.3) is 0 Å². The third-order valence-corrected chi connectivity index (χ3v) is 6.13. The summed E-state index contributed by atoms with van der Waals surface area (Å²) >= 11 is 0. The monoisotopic (exact) mass is 436 g/mol. The zero-order valence-corrected chi connectivity index (χ0v) is 18.0. The van der Waals surface area contributed by atoms with Gasteiger partial charge in [-0.3, -0.25) is 9.59 Å². The highest BCUT2D eigenvalue weighted by molar-refractivity contribution is 5.80. The molecule has 3 N–H and O–H groups in total. The highest BCUT2D eigenvalue weighted by atomic mass is 16.5. The SMILES string of the molecule is CC(CC(=O)NC(CC(=O)O)C1CC1)NC(=O)OCC1c2ccccc2-c2ccccc21. The minimum absolute atomic E-state index is 0.0259. The van der Waals surface area contributed by atoms with Gasteiger partial charge < -0.3 is 20.5 Å². The second kappa shape index (κ2) is 9.42. The third kappa shape index (κ3) is 5.10. The van der Waals surface area contributed by atoms with Crippen molar-refractivity contribution >= 4 is 18.0 Å². The van der Waals surface area contributed by atoms with Gasteiger partial charge in [0.2, 0.25) is 5.91 Å². The van der Waals surface area contributed by atoms with Gasteiger partial charge in [-0.05, 0) is 47.9 Å². The maximum absolute atomic E-state index is 12.4. The zero-order valence-electron chi connectivity index (χ0n) is 18.0. The Labute approximate surface area is 187 Å². The standard InChI is InChI=1S/C25H28N2O5/c1-15(12-23(28)27-22(13-24(29)30)16-10-11-16)26-25(31)32-14-21-19-8-4-2-6-17(19)18-7-3-5-9-20(18)21/h2-9,15-16,21-22H,10-14H2,1H3,(H,26,31)(H,27,28)(H,29,30). The molecule has 0 aromatic heterocycles. The Bertz CT molecular complexity index is 971. The van der Waals surface area contributed by atoms with Crippen LogP contribution in [0.4, 0.5) is 4.79 Å². The number of rotatable bonds is 9. The normalized spacial score (nSPS) is 16.4. The molecule has 168 valence electrons. The number of hydrogen-bond acceptors (Lipinski definition) is 4. The minimum Gasteiger partial charge on any atom is -0.481 e. The highest BCUT2D eigenvalue weighted by Gasteiger charge is 2.34. The summed E-state index contributed by atoms with van der Waals surface area (Å²) in [5, 5.41) is 14.5. The molecule has 0 heterocycles. The molecule has 2 unspecified atom stereocenters. The van der Waals surface area contributed by atoms with Crippen molar-refractivity contribution in [3.05, 3.63) is 59.7 Å². The van der Waals surface area contributed by atoms with Crippen molar-refractivity contribution < 1.29 is 24.2 Å². The molecule has 2 aliphatic rings. The lowest BCUT2D eigenvalue weighted by molar-refractivity contribution is -0.137. The number of alkyl carbamates (subject to hydrolysis) is 1. The molecule has 4 rings (SSSR count). The molecule has 7 heteroatoms. The molecule has 0 saturated heterocycles. The molecule has 0 aliphatic heterocycles. The van der Waals surface area contributed by atoms with E-state index in [-0.39, 0.29) is 43.2 Å². The number of benzene rings is 2. The molecule has 7 nitrogen and oxygen atoms in total. The van der Waals surface area contributed by atoms with E-state index in [2.05, 4.69) is 34.9 Å². The summed E-state index contributed by atoms with van der Waals surface area (Å²) in [6.07, 6.45) is 1.28. The van der Waals surface area contributed by atoms with E-state index in [0.717, 1.165) is 35.1 Å². The van der Waals surface area contributed by atoms with E-state index in [9.17, 15) is 14.4 Å². The van der Waals surface area contributed by atoms with Crippen molar-refractivity contribution in [2.45, 2.75) is 50.6 Å². The van der Waals surface area contributed by atoms with Crippen LogP contribution in [0, 0.1) is 5.92 Å². The first-order chi connectivity index (χ1) is 15.4. The smallest absolute Gasteiger partial charge is 0.407 e. The van der Waals surface area contributed by atoms with Gasteiger partial charge in [0.15, 0.2) is 0 Å². The summed E-state index contributed by atoms with van der Waals surface area (Å²) in [5.41, 5.74) is 4.60. The van der Waals surface area contributed by atoms with Gasteiger partial charge in [-0.25, -0.2) is 4.79 Å². The lowest BCUT2D eigenvalue weighted by Gasteiger charge is -2.19. The number of carboxylic acids is 1. The lowest BCUT2D eigenvalue weighted by Crippen LogP contribution is -2.42. The maximum Gasteiger partial charge on any atom is 0.407 e. The fraction of sp³-hybridized carbons (Fsp3) is 0.400. The van der Waals surface area contributed by atoms with Gasteiger partial charge in [0.1, 0.15) is 6.61 Å². The average Bonchev–Trinajstić information content (AvgIpc) is 3.54. The van der Waals surface area contributed by atoms with Crippen molar-refractivity contribution in [3.8, 4) is 11.1 Å². The van der Waals surface area contributed by atoms with E-state index in [0.29, 0.717) is 0 Å². The van der Waals surface area contributed by atoms with Crippen LogP contribution in [0.5, 0.6) is 0 Å². The van der Waals surface area contributed by atoms with Crippen molar-refractivity contribution in [1.29, 1.82) is 0 Å². The molecule has 2 amide bonds. The first kappa shape index (κ1) is 21.9. The number of aliphatic carboxylic acids is 1. The number of carboxylic acid groups (broad SMARTS) is 1. The molecule has 2 aliphatic carbocycles. The predicted octanol–water partition coefficient (Wildman–Crippen LogP) is 3.67. The third-order valence-electron chi connectivity index (χ3n) is 6.13. The Morgan fingerprint density at radius 3 is 2.12 bits per heavy atom. The molecular formula is C25H28N2O5. The van der Waals surface area contributed by atoms with Crippen LogP contribution in [0.1, 0.15) is 49.7 Å². The zero-order chi connectivity index (χ0) is 22.7. The Kier molecular flexibility index (Phi) is 6.44. The van der Waals surface area contributed by atoms with E-state index in [1.54, 1.807) is 6.92 Å². The van der Waals surface area contributed by atoms with E-state index in [1.807, 2.05) is 24.3 Å². The highest BCUT2D eigenvalue weighted by Crippen LogP contribution is 2.44. The van der Waals surface area contributed by atoms with Crippen LogP contribution in [0.25, 0.3) is 11.1 Å². The van der Waals surface area contributed by atoms with Crippen LogP contribution in [0.2, 0.25) is 0 Å². The summed E-state index contributed by atoms with van der Waals surface area (Å²) < 4.78 is 5.51. The first-order valence-electron chi connectivity index (χ1n) is 11.0. The second-order valence-electron chi connectivity index (χ2n) is 8.68. The fourth-order valence-corrected chi connectivity index (χ4v) is 4.46. The van der Waals surface area contributed by atoms with Crippen LogP contribution in [0.3, 0.4) is 0 Å². The summed E-state index contributed by atoms with van der Waals surface area (Å²) in [7, 11) is 0. The fourth-order valence-electron chi connectivity index (χ4n) is 4.46. The van der Waals surface area contributed by atoms with E-state index in [1.165, 1.54) is 0 Å². The average molecular weight is 437 g/mol. The molecule has 1 fully saturated rings. The van der Waals surface area contributed by atoms with Gasteiger partial charge >= 0.3 is 12.1 Å². The number of carbonyl (C=O) groups excluding carboxylic acids is 2. The van der Waals surface area contributed by atoms with Crippen LogP contribution < -0.4 is 10.6 Å². The van der Waals surface area contributed by atoms with Gasteiger partial charge in [0, 0.05) is 24.4 Å². The number of fused-ring (bicyclic) bond motifs is 3. The molecular weight excluding hydrogens is 408 g/mol. The molecule has 32 heavy (non-hydrogen) atoms. The number of nitrogens with one attached hydrogen (secondary N) is 2. The Morgan fingerprint density at radius 2 is 1.56 bits per heavy atom. The number of hydrogen-bond donors (Lipinski definition) is 3. The van der Waals surface area contributed by atoms with Gasteiger partial charge in [-0.2, -0.15) is 0 Å². The van der Waals surface area contributed by atoms with Crippen molar-refractivity contribution in [2.24, 2.45) is 5.92 Å². The number of ether oxygens (including phenoxy) is 1. The molecule has 2 aromatic rings. The van der Waals surface area contributed by atoms with E-state index in [4.69, 9.17) is 9.84 Å². The molecule has 0 spiro atoms. The molecule has 1 saturated carbocycles. The van der Waals surface area contributed by atoms with E-state index >= 15 is 0 Å². The quantitative estimate of drug-likeness (QED) is 0.556. The van der Waals surface area contributed by atoms with Crippen molar-refractivity contribution in [2.75, 3.05) is 6.61 Å². The molecule has 2 atom stereocenters. The Balaban J connectivity index is 1.28. The topological polar surface area (TPSA) is 105 Å². The van der Waals surface area contributed by atoms with Gasteiger partial charge in [0.05, 0.1) is 6.42 Å². The van der Waals surface area contributed by atoms with Crippen LogP contribution in [0.15, 0.2) is 48.5 Å². The summed E-state index contributed by atoms with van der Waals surface area (Å²) in [6, 6.07) is 15.5. The van der Waals surface area contributed by atoms with Gasteiger partial charge in [-0.1, -0.05) is 48.5 Å². The van der Waals surface area contributed by atoms with Crippen molar-refractivity contribution in [1.82, 2.24) is 10.6 Å². The Hall–Kier alpha value is -3.35. The minimum atomic E-state index is -0.924. The molecule has 0 bridgehead atoms. The predicted molar refractivity (Wildman–Crippen MR) is 119 cm³/mol. The number of carbonyl (C=O) groups is 3. The Morgan fingerprint density at radius 1 is 0.969 bits per heavy atom. The van der Waals surface area contributed by atoms with Crippen LogP contribution >= 0.6 is 0 Å². The lowest BCUT2D eigenvalue weighted by atomic mass is 9.98. The maximum atomic E-state index is 12.4.